The van der Waals surface area contributed by atoms with Crippen molar-refractivity contribution in [2.24, 2.45) is 0 Å². The smallest absolute Gasteiger partial charge is 0.251 e. The molecule has 0 unspecified atom stereocenters. The van der Waals surface area contributed by atoms with Crippen molar-refractivity contribution in [2.75, 3.05) is 37.7 Å². The maximum absolute atomic E-state index is 12.4. The number of carbonyl (C=O) groups is 1. The first kappa shape index (κ1) is 14.8. The molecule has 0 aromatic carbocycles. The van der Waals surface area contributed by atoms with E-state index in [-0.39, 0.29) is 12.0 Å². The Morgan fingerprint density at radius 3 is 2.82 bits per heavy atom. The Balaban J connectivity index is 1.60. The number of nitrogens with zero attached hydrogens (tertiary/aromatic N) is 4. The SMILES string of the molecule is N#Cc1cccnc1N1CCN(C(=O)[C@@H]2CCCCO2)CC1. The molecular weight excluding hydrogens is 280 g/mol. The largest absolute Gasteiger partial charge is 0.368 e. The van der Waals surface area contributed by atoms with Crippen molar-refractivity contribution >= 4 is 11.7 Å². The third-order valence-electron chi connectivity index (χ3n) is 4.25. The minimum atomic E-state index is -0.259. The van der Waals surface area contributed by atoms with E-state index in [1.54, 1.807) is 18.3 Å². The summed E-state index contributed by atoms with van der Waals surface area (Å²) in [4.78, 5) is 20.7. The lowest BCUT2D eigenvalue weighted by Gasteiger charge is -2.37. The van der Waals surface area contributed by atoms with E-state index in [2.05, 4.69) is 16.0 Å². The first-order chi connectivity index (χ1) is 10.8. The quantitative estimate of drug-likeness (QED) is 0.820. The van der Waals surface area contributed by atoms with E-state index in [1.807, 2.05) is 4.90 Å². The van der Waals surface area contributed by atoms with Gasteiger partial charge >= 0.3 is 0 Å². The molecule has 0 bridgehead atoms. The van der Waals surface area contributed by atoms with Crippen LogP contribution in [-0.4, -0.2) is 54.7 Å². The molecule has 2 aliphatic heterocycles. The summed E-state index contributed by atoms with van der Waals surface area (Å²) >= 11 is 0. The molecule has 0 spiro atoms. The highest BCUT2D eigenvalue weighted by atomic mass is 16.5. The summed E-state index contributed by atoms with van der Waals surface area (Å²) in [6.45, 7) is 3.39. The molecule has 1 aromatic rings. The molecule has 3 rings (SSSR count). The van der Waals surface area contributed by atoms with Gasteiger partial charge in [-0.05, 0) is 31.4 Å². The van der Waals surface area contributed by atoms with E-state index in [4.69, 9.17) is 10.00 Å². The van der Waals surface area contributed by atoms with Gasteiger partial charge in [0.25, 0.3) is 5.91 Å². The second-order valence-corrected chi connectivity index (χ2v) is 5.65. The van der Waals surface area contributed by atoms with Gasteiger partial charge in [0, 0.05) is 39.0 Å². The Labute approximate surface area is 130 Å². The van der Waals surface area contributed by atoms with Crippen LogP contribution in [0.5, 0.6) is 0 Å². The van der Waals surface area contributed by atoms with Gasteiger partial charge in [0.15, 0.2) is 0 Å². The number of nitriles is 1. The number of amides is 1. The van der Waals surface area contributed by atoms with Gasteiger partial charge in [-0.3, -0.25) is 4.79 Å². The summed E-state index contributed by atoms with van der Waals surface area (Å²) in [7, 11) is 0. The van der Waals surface area contributed by atoms with Crippen LogP contribution in [-0.2, 0) is 9.53 Å². The third kappa shape index (κ3) is 3.04. The van der Waals surface area contributed by atoms with Gasteiger partial charge in [0.2, 0.25) is 0 Å². The topological polar surface area (TPSA) is 69.5 Å². The average molecular weight is 300 g/mol. The molecule has 2 saturated heterocycles. The van der Waals surface area contributed by atoms with Crippen molar-refractivity contribution in [2.45, 2.75) is 25.4 Å². The van der Waals surface area contributed by atoms with E-state index in [0.29, 0.717) is 44.2 Å². The second-order valence-electron chi connectivity index (χ2n) is 5.65. The van der Waals surface area contributed by atoms with Crippen molar-refractivity contribution in [1.29, 1.82) is 5.26 Å². The zero-order valence-electron chi connectivity index (χ0n) is 12.6. The number of aromatic nitrogens is 1. The number of hydrogen-bond donors (Lipinski definition) is 0. The highest BCUT2D eigenvalue weighted by molar-refractivity contribution is 5.81. The molecular formula is C16H20N4O2. The predicted octanol–water partition coefficient (Wildman–Crippen LogP) is 1.17. The lowest BCUT2D eigenvalue weighted by Crippen LogP contribution is -2.52. The molecule has 1 aromatic heterocycles. The molecule has 0 radical (unpaired) electrons. The van der Waals surface area contributed by atoms with Gasteiger partial charge in [0.1, 0.15) is 18.0 Å². The summed E-state index contributed by atoms with van der Waals surface area (Å²) in [6, 6.07) is 5.71. The maximum atomic E-state index is 12.4. The Morgan fingerprint density at radius 2 is 2.14 bits per heavy atom. The average Bonchev–Trinajstić information content (AvgIpc) is 2.62. The van der Waals surface area contributed by atoms with E-state index < -0.39 is 0 Å². The summed E-state index contributed by atoms with van der Waals surface area (Å²) in [5, 5.41) is 9.16. The molecule has 6 nitrogen and oxygen atoms in total. The van der Waals surface area contributed by atoms with Crippen molar-refractivity contribution in [3.05, 3.63) is 23.9 Å². The van der Waals surface area contributed by atoms with E-state index in [9.17, 15) is 4.79 Å². The standard InChI is InChI=1S/C16H20N4O2/c17-12-13-4-3-6-18-15(13)19-7-9-20(10-8-19)16(21)14-5-1-2-11-22-14/h3-4,6,14H,1-2,5,7-11H2/t14-/m0/s1. The van der Waals surface area contributed by atoms with Gasteiger partial charge < -0.3 is 14.5 Å². The van der Waals surface area contributed by atoms with Crippen LogP contribution in [0.3, 0.4) is 0 Å². The van der Waals surface area contributed by atoms with Crippen LogP contribution in [0.1, 0.15) is 24.8 Å². The van der Waals surface area contributed by atoms with Crippen LogP contribution < -0.4 is 4.90 Å². The van der Waals surface area contributed by atoms with Crippen LogP contribution in [0.2, 0.25) is 0 Å². The number of piperazine rings is 1. The summed E-state index contributed by atoms with van der Waals surface area (Å²) in [5.41, 5.74) is 0.581. The van der Waals surface area contributed by atoms with Crippen LogP contribution in [0.25, 0.3) is 0 Å². The molecule has 0 N–H and O–H groups in total. The Morgan fingerprint density at radius 1 is 1.32 bits per heavy atom. The highest BCUT2D eigenvalue weighted by Gasteiger charge is 2.29. The first-order valence-corrected chi connectivity index (χ1v) is 7.80. The first-order valence-electron chi connectivity index (χ1n) is 7.80. The number of anilines is 1. The Kier molecular flexibility index (Phi) is 4.54. The van der Waals surface area contributed by atoms with Gasteiger partial charge in [-0.15, -0.1) is 0 Å². The minimum Gasteiger partial charge on any atom is -0.368 e. The van der Waals surface area contributed by atoms with Crippen LogP contribution in [0.15, 0.2) is 18.3 Å². The van der Waals surface area contributed by atoms with Crippen LogP contribution in [0, 0.1) is 11.3 Å². The molecule has 0 saturated carbocycles. The van der Waals surface area contributed by atoms with Gasteiger partial charge in [-0.2, -0.15) is 5.26 Å². The Bertz CT molecular complexity index is 570. The summed E-state index contributed by atoms with van der Waals surface area (Å²) < 4.78 is 5.58. The second kappa shape index (κ2) is 6.75. The zero-order valence-corrected chi connectivity index (χ0v) is 12.6. The molecule has 2 fully saturated rings. The fourth-order valence-electron chi connectivity index (χ4n) is 3.01. The molecule has 116 valence electrons. The van der Waals surface area contributed by atoms with E-state index >= 15 is 0 Å². The van der Waals surface area contributed by atoms with E-state index in [0.717, 1.165) is 19.3 Å². The number of hydrogen-bond acceptors (Lipinski definition) is 5. The maximum Gasteiger partial charge on any atom is 0.251 e. The monoisotopic (exact) mass is 300 g/mol. The van der Waals surface area contributed by atoms with Crippen molar-refractivity contribution in [3.63, 3.8) is 0 Å². The minimum absolute atomic E-state index is 0.112. The lowest BCUT2D eigenvalue weighted by atomic mass is 10.1. The van der Waals surface area contributed by atoms with Crippen LogP contribution >= 0.6 is 0 Å². The zero-order chi connectivity index (χ0) is 15.4. The molecule has 0 aliphatic carbocycles. The van der Waals surface area contributed by atoms with Crippen molar-refractivity contribution < 1.29 is 9.53 Å². The lowest BCUT2D eigenvalue weighted by molar-refractivity contribution is -0.146. The molecule has 22 heavy (non-hydrogen) atoms. The third-order valence-corrected chi connectivity index (χ3v) is 4.25. The van der Waals surface area contributed by atoms with Crippen LogP contribution in [0.4, 0.5) is 5.82 Å². The fraction of sp³-hybridized carbons (Fsp3) is 0.562. The van der Waals surface area contributed by atoms with Crippen molar-refractivity contribution in [3.8, 4) is 6.07 Å². The molecule has 2 aliphatic rings. The Hall–Kier alpha value is -2.13. The predicted molar refractivity (Wildman–Crippen MR) is 81.3 cm³/mol. The van der Waals surface area contributed by atoms with E-state index in [1.165, 1.54) is 0 Å². The molecule has 1 amide bonds. The molecule has 1 atom stereocenters. The summed E-state index contributed by atoms with van der Waals surface area (Å²) in [5.74, 6) is 0.826. The van der Waals surface area contributed by atoms with Gasteiger partial charge in [-0.1, -0.05) is 0 Å². The van der Waals surface area contributed by atoms with Gasteiger partial charge in [0.05, 0.1) is 5.56 Å². The van der Waals surface area contributed by atoms with Crippen molar-refractivity contribution in [1.82, 2.24) is 9.88 Å². The number of rotatable bonds is 2. The number of ether oxygens (including phenoxy) is 1. The summed E-state index contributed by atoms with van der Waals surface area (Å²) in [6.07, 6.45) is 4.38. The fourth-order valence-corrected chi connectivity index (χ4v) is 3.01. The van der Waals surface area contributed by atoms with Gasteiger partial charge in [-0.25, -0.2) is 4.98 Å². The number of carbonyl (C=O) groups excluding carboxylic acids is 1. The molecule has 6 heteroatoms. The number of pyridine rings is 1. The normalized spacial score (nSPS) is 22.2. The highest BCUT2D eigenvalue weighted by Crippen LogP contribution is 2.20. The molecule has 3 heterocycles.